The molecule has 0 unspecified atom stereocenters. The second kappa shape index (κ2) is 36.4. The largest absolute Gasteiger partial charge is 0.480 e. The first kappa shape index (κ1) is 76.8. The second-order valence-corrected chi connectivity index (χ2v) is 26.9. The van der Waals surface area contributed by atoms with Gasteiger partial charge in [-0.1, -0.05) is 192 Å². The SMILES string of the molecule is Cc1ccc(S(=O)(=O)N[C@H](Cc2ccccc2)C(=O)O)cc1.Cc1ccc(S(=O)(=O)N[C@H](Cc2ccccc2)C(=O)O)cc1.Cc1ccc(S(=O)(=O)N[C@H](Cc2ccccc2)C(=O)O)cc1.Cc1ccc(S(=O)(=O)N[C@H](Cc2ccccc2)C(=O)O)cc1.[Rh].[Rh]. The number of aryl methyl sites for hydroxylation is 4. The number of nitrogens with one attached hydrogen (secondary N) is 4. The van der Waals surface area contributed by atoms with Gasteiger partial charge in [-0.05, 0) is 124 Å². The van der Waals surface area contributed by atoms with E-state index in [1.807, 2.05) is 52.0 Å². The molecule has 20 nitrogen and oxygen atoms in total. The first-order valence-electron chi connectivity index (χ1n) is 27.0. The van der Waals surface area contributed by atoms with Gasteiger partial charge in [-0.2, -0.15) is 18.9 Å². The average molecular weight is 1480 g/mol. The number of hydrogen-bond acceptors (Lipinski definition) is 12. The molecule has 8 aromatic rings. The van der Waals surface area contributed by atoms with Crippen molar-refractivity contribution < 1.29 is 112 Å². The summed E-state index contributed by atoms with van der Waals surface area (Å²) in [5.41, 5.74) is 6.72. The minimum absolute atomic E-state index is 0. The molecular formula is C64H68N4O16Rh2S4. The van der Waals surface area contributed by atoms with Gasteiger partial charge >= 0.3 is 23.9 Å². The molecular weight excluding hydrogens is 1410 g/mol. The predicted molar refractivity (Wildman–Crippen MR) is 332 cm³/mol. The van der Waals surface area contributed by atoms with Crippen molar-refractivity contribution in [3.8, 4) is 0 Å². The van der Waals surface area contributed by atoms with Gasteiger partial charge in [0.25, 0.3) is 0 Å². The van der Waals surface area contributed by atoms with E-state index in [0.717, 1.165) is 44.5 Å². The maximum absolute atomic E-state index is 12.3. The van der Waals surface area contributed by atoms with E-state index < -0.39 is 88.1 Å². The van der Waals surface area contributed by atoms with Gasteiger partial charge in [-0.15, -0.1) is 0 Å². The summed E-state index contributed by atoms with van der Waals surface area (Å²) in [4.78, 5) is 45.6. The van der Waals surface area contributed by atoms with E-state index in [9.17, 15) is 73.3 Å². The molecule has 8 N–H and O–H groups in total. The number of carboxylic acid groups (broad SMARTS) is 4. The van der Waals surface area contributed by atoms with Gasteiger partial charge in [0.05, 0.1) is 19.6 Å². The van der Waals surface area contributed by atoms with Crippen molar-refractivity contribution >= 4 is 64.0 Å². The Bertz CT molecular complexity index is 3500. The third-order valence-corrected chi connectivity index (χ3v) is 18.8. The molecule has 0 heterocycles. The number of carboxylic acids is 4. The van der Waals surface area contributed by atoms with Crippen LogP contribution in [0.5, 0.6) is 0 Å². The number of benzene rings is 8. The molecule has 0 saturated heterocycles. The molecule has 0 bridgehead atoms. The number of carbonyl (C=O) groups is 4. The Balaban J connectivity index is 0.000000311. The zero-order valence-electron chi connectivity index (χ0n) is 48.9. The fourth-order valence-corrected chi connectivity index (χ4v) is 12.8. The Morgan fingerprint density at radius 1 is 0.278 bits per heavy atom. The Kier molecular flexibility index (Phi) is 31.0. The summed E-state index contributed by atoms with van der Waals surface area (Å²) in [6, 6.07) is 55.7. The normalized spacial score (nSPS) is 12.5. The molecule has 0 spiro atoms. The Morgan fingerprint density at radius 3 is 0.556 bits per heavy atom. The summed E-state index contributed by atoms with van der Waals surface area (Å²) in [5, 5.41) is 37.0. The van der Waals surface area contributed by atoms with Gasteiger partial charge in [-0.25, -0.2) is 33.7 Å². The minimum atomic E-state index is -3.87. The zero-order chi connectivity index (χ0) is 64.7. The van der Waals surface area contributed by atoms with Crippen LogP contribution in [0, 0.1) is 27.7 Å². The number of sulfonamides is 4. The van der Waals surface area contributed by atoms with Gasteiger partial charge in [0.15, 0.2) is 0 Å². The van der Waals surface area contributed by atoms with Crippen LogP contribution in [0.3, 0.4) is 0 Å². The van der Waals surface area contributed by atoms with Crippen LogP contribution in [0.15, 0.2) is 238 Å². The molecule has 0 aliphatic heterocycles. The van der Waals surface area contributed by atoms with Crippen LogP contribution >= 0.6 is 0 Å². The second-order valence-electron chi connectivity index (χ2n) is 20.1. The summed E-state index contributed by atoms with van der Waals surface area (Å²) >= 11 is 0. The van der Waals surface area contributed by atoms with E-state index in [1.165, 1.54) is 48.5 Å². The van der Waals surface area contributed by atoms with E-state index in [4.69, 9.17) is 0 Å². The summed E-state index contributed by atoms with van der Waals surface area (Å²) < 4.78 is 107. The molecule has 8 rings (SSSR count). The molecule has 26 heteroatoms. The topological polar surface area (TPSA) is 334 Å². The number of hydrogen-bond donors (Lipinski definition) is 8. The van der Waals surface area contributed by atoms with Gasteiger partial charge in [0.2, 0.25) is 40.1 Å². The molecule has 2 radical (unpaired) electrons. The Morgan fingerprint density at radius 2 is 0.422 bits per heavy atom. The van der Waals surface area contributed by atoms with Crippen molar-refractivity contribution in [2.24, 2.45) is 0 Å². The quantitative estimate of drug-likeness (QED) is 0.0267. The monoisotopic (exact) mass is 1480 g/mol. The van der Waals surface area contributed by atoms with Crippen LogP contribution in [0.25, 0.3) is 0 Å². The van der Waals surface area contributed by atoms with Crippen LogP contribution in [0.1, 0.15) is 44.5 Å². The molecule has 8 aromatic carbocycles. The molecule has 4 atom stereocenters. The van der Waals surface area contributed by atoms with E-state index >= 15 is 0 Å². The van der Waals surface area contributed by atoms with E-state index in [2.05, 4.69) is 18.9 Å². The summed E-state index contributed by atoms with van der Waals surface area (Å²) in [6.07, 6.45) is 0.338. The van der Waals surface area contributed by atoms with Crippen LogP contribution in [-0.2, 0) is 124 Å². The van der Waals surface area contributed by atoms with Crippen LogP contribution < -0.4 is 18.9 Å². The van der Waals surface area contributed by atoms with Gasteiger partial charge in [-0.3, -0.25) is 19.2 Å². The molecule has 482 valence electrons. The third kappa shape index (κ3) is 25.8. The summed E-state index contributed by atoms with van der Waals surface area (Å²) in [5.74, 6) is -4.84. The molecule has 0 amide bonds. The van der Waals surface area contributed by atoms with E-state index in [-0.39, 0.29) is 84.2 Å². The van der Waals surface area contributed by atoms with E-state index in [1.54, 1.807) is 146 Å². The Labute approximate surface area is 551 Å². The van der Waals surface area contributed by atoms with Crippen molar-refractivity contribution in [2.75, 3.05) is 0 Å². The van der Waals surface area contributed by atoms with Gasteiger partial charge < -0.3 is 20.4 Å². The molecule has 0 saturated carbocycles. The zero-order valence-corrected chi connectivity index (χ0v) is 55.5. The maximum Gasteiger partial charge on any atom is 0.322 e. The fraction of sp³-hybridized carbons (Fsp3) is 0.188. The third-order valence-electron chi connectivity index (χ3n) is 12.8. The molecule has 0 fully saturated rings. The molecule has 0 aliphatic rings. The number of rotatable bonds is 24. The maximum atomic E-state index is 12.3. The summed E-state index contributed by atoms with van der Waals surface area (Å²) in [6.45, 7) is 7.39. The van der Waals surface area contributed by atoms with E-state index in [0.29, 0.717) is 0 Å². The van der Waals surface area contributed by atoms with Gasteiger partial charge in [0.1, 0.15) is 24.2 Å². The minimum Gasteiger partial charge on any atom is -0.480 e. The molecule has 0 aromatic heterocycles. The first-order chi connectivity index (χ1) is 41.5. The smallest absolute Gasteiger partial charge is 0.322 e. The summed E-state index contributed by atoms with van der Waals surface area (Å²) in [7, 11) is -15.5. The van der Waals surface area contributed by atoms with Crippen molar-refractivity contribution in [1.29, 1.82) is 0 Å². The Hall–Kier alpha value is -7.47. The van der Waals surface area contributed by atoms with Crippen molar-refractivity contribution in [3.05, 3.63) is 263 Å². The molecule has 90 heavy (non-hydrogen) atoms. The van der Waals surface area contributed by atoms with Gasteiger partial charge in [0, 0.05) is 39.0 Å². The predicted octanol–water partition coefficient (Wildman–Crippen LogP) is 7.87. The van der Waals surface area contributed by atoms with Crippen LogP contribution in [0.4, 0.5) is 0 Å². The fourth-order valence-electron chi connectivity index (χ4n) is 8.01. The molecule has 0 aliphatic carbocycles. The van der Waals surface area contributed by atoms with Crippen LogP contribution in [0.2, 0.25) is 0 Å². The standard InChI is InChI=1S/4C16H17NO4S.2Rh/c4*1-12-7-9-14(10-8-12)22(20,21)17-15(16(18)19)11-13-5-3-2-4-6-13;;/h4*2-10,15,17H,11H2,1H3,(H,18,19);;/t4*15-;;/m1111../s1. The van der Waals surface area contributed by atoms with Crippen molar-refractivity contribution in [2.45, 2.75) is 97.1 Å². The van der Waals surface area contributed by atoms with Crippen molar-refractivity contribution in [3.63, 3.8) is 0 Å². The average Bonchev–Trinajstić information content (AvgIpc) is 1.59. The first-order valence-corrected chi connectivity index (χ1v) is 32.9. The van der Waals surface area contributed by atoms with Crippen LogP contribution in [-0.4, -0.2) is 102 Å². The number of aliphatic carboxylic acids is 4. The van der Waals surface area contributed by atoms with Crippen molar-refractivity contribution in [1.82, 2.24) is 18.9 Å².